The van der Waals surface area contributed by atoms with Crippen LogP contribution in [0, 0.1) is 3.57 Å². The number of halogens is 3. The number of hydrogen-bond donors (Lipinski definition) is 0. The third-order valence-corrected chi connectivity index (χ3v) is 3.00. The smallest absolute Gasteiger partial charge is 0.238 e. The third kappa shape index (κ3) is 2.99. The number of aromatic nitrogens is 1. The van der Waals surface area contributed by atoms with Gasteiger partial charge in [-0.05, 0) is 52.9 Å². The van der Waals surface area contributed by atoms with E-state index in [1.54, 1.807) is 6.07 Å². The number of hydrogen-bond acceptors (Lipinski definition) is 2. The van der Waals surface area contributed by atoms with Gasteiger partial charge in [0.15, 0.2) is 0 Å². The first-order chi connectivity index (χ1) is 7.65. The molecule has 1 aromatic carbocycles. The summed E-state index contributed by atoms with van der Waals surface area (Å²) in [6.07, 6.45) is 1.50. The molecule has 0 aliphatic rings. The molecular formula is C11H6Cl2INO. The molecule has 82 valence electrons. The van der Waals surface area contributed by atoms with Crippen molar-refractivity contribution in [1.29, 1.82) is 0 Å². The first-order valence-corrected chi connectivity index (χ1v) is 6.23. The van der Waals surface area contributed by atoms with Gasteiger partial charge in [0.1, 0.15) is 10.8 Å². The van der Waals surface area contributed by atoms with E-state index in [9.17, 15) is 0 Å². The molecule has 5 heteroatoms. The minimum atomic E-state index is 0.354. The van der Waals surface area contributed by atoms with Gasteiger partial charge in [-0.3, -0.25) is 0 Å². The van der Waals surface area contributed by atoms with E-state index in [0.29, 0.717) is 21.7 Å². The Kier molecular flexibility index (Phi) is 3.89. The summed E-state index contributed by atoms with van der Waals surface area (Å²) in [5.41, 5.74) is 0. The summed E-state index contributed by atoms with van der Waals surface area (Å²) in [5, 5.41) is 0.881. The summed E-state index contributed by atoms with van der Waals surface area (Å²) in [4.78, 5) is 4.01. The maximum atomic E-state index is 5.94. The van der Waals surface area contributed by atoms with Crippen LogP contribution in [0.3, 0.4) is 0 Å². The Balaban J connectivity index is 2.23. The molecule has 0 aliphatic carbocycles. The molecular weight excluding hydrogens is 360 g/mol. The molecule has 0 fully saturated rings. The van der Waals surface area contributed by atoms with E-state index < -0.39 is 0 Å². The molecule has 16 heavy (non-hydrogen) atoms. The SMILES string of the molecule is Clc1cnc(Oc2ccc(I)cc2)c(Cl)c1. The maximum Gasteiger partial charge on any atom is 0.238 e. The van der Waals surface area contributed by atoms with E-state index in [-0.39, 0.29) is 0 Å². The molecule has 2 nitrogen and oxygen atoms in total. The van der Waals surface area contributed by atoms with Crippen LogP contribution in [0.25, 0.3) is 0 Å². The Bertz CT molecular complexity index is 502. The van der Waals surface area contributed by atoms with Gasteiger partial charge in [-0.25, -0.2) is 4.98 Å². The van der Waals surface area contributed by atoms with Crippen molar-refractivity contribution < 1.29 is 4.74 Å². The molecule has 0 amide bonds. The standard InChI is InChI=1S/C11H6Cl2INO/c12-7-5-10(13)11(15-6-7)16-9-3-1-8(14)2-4-9/h1-6H. The monoisotopic (exact) mass is 365 g/mol. The molecule has 0 aliphatic heterocycles. The van der Waals surface area contributed by atoms with Gasteiger partial charge in [0.25, 0.3) is 0 Å². The molecule has 0 atom stereocenters. The summed E-state index contributed by atoms with van der Waals surface area (Å²) in [5.74, 6) is 1.05. The summed E-state index contributed by atoms with van der Waals surface area (Å²) in [6.45, 7) is 0. The molecule has 0 saturated carbocycles. The summed E-state index contributed by atoms with van der Waals surface area (Å²) < 4.78 is 6.65. The van der Waals surface area contributed by atoms with Crippen molar-refractivity contribution in [2.24, 2.45) is 0 Å². The number of benzene rings is 1. The highest BCUT2D eigenvalue weighted by Crippen LogP contribution is 2.29. The van der Waals surface area contributed by atoms with Gasteiger partial charge in [0.05, 0.1) is 5.02 Å². The van der Waals surface area contributed by atoms with Crippen molar-refractivity contribution in [1.82, 2.24) is 4.98 Å². The van der Waals surface area contributed by atoms with Crippen LogP contribution in [0.4, 0.5) is 0 Å². The molecule has 2 aromatic rings. The fourth-order valence-electron chi connectivity index (χ4n) is 1.09. The topological polar surface area (TPSA) is 22.1 Å². The van der Waals surface area contributed by atoms with E-state index in [2.05, 4.69) is 27.6 Å². The van der Waals surface area contributed by atoms with Crippen LogP contribution in [-0.2, 0) is 0 Å². The fourth-order valence-corrected chi connectivity index (χ4v) is 1.87. The quantitative estimate of drug-likeness (QED) is 0.714. The number of ether oxygens (including phenoxy) is 1. The van der Waals surface area contributed by atoms with Crippen LogP contribution in [0.15, 0.2) is 36.5 Å². The lowest BCUT2D eigenvalue weighted by molar-refractivity contribution is 0.463. The lowest BCUT2D eigenvalue weighted by Gasteiger charge is -2.06. The van der Waals surface area contributed by atoms with Gasteiger partial charge in [0, 0.05) is 9.77 Å². The van der Waals surface area contributed by atoms with Crippen LogP contribution in [0.2, 0.25) is 10.0 Å². The zero-order valence-corrected chi connectivity index (χ0v) is 11.6. The highest BCUT2D eigenvalue weighted by molar-refractivity contribution is 14.1. The second kappa shape index (κ2) is 5.21. The zero-order chi connectivity index (χ0) is 11.5. The van der Waals surface area contributed by atoms with Crippen molar-refractivity contribution in [2.45, 2.75) is 0 Å². The predicted molar refractivity (Wildman–Crippen MR) is 73.5 cm³/mol. The second-order valence-electron chi connectivity index (χ2n) is 3.00. The van der Waals surface area contributed by atoms with Crippen molar-refractivity contribution >= 4 is 45.8 Å². The minimum Gasteiger partial charge on any atom is -0.438 e. The van der Waals surface area contributed by atoms with E-state index in [1.165, 1.54) is 6.20 Å². The lowest BCUT2D eigenvalue weighted by atomic mass is 10.3. The Hall–Kier alpha value is -0.520. The lowest BCUT2D eigenvalue weighted by Crippen LogP contribution is -1.88. The van der Waals surface area contributed by atoms with Crippen molar-refractivity contribution in [3.63, 3.8) is 0 Å². The molecule has 1 aromatic heterocycles. The Morgan fingerprint density at radius 3 is 2.44 bits per heavy atom. The molecule has 0 unspecified atom stereocenters. The highest BCUT2D eigenvalue weighted by atomic mass is 127. The van der Waals surface area contributed by atoms with E-state index >= 15 is 0 Å². The predicted octanol–water partition coefficient (Wildman–Crippen LogP) is 4.79. The van der Waals surface area contributed by atoms with Gasteiger partial charge in [0.2, 0.25) is 5.88 Å². The van der Waals surface area contributed by atoms with Crippen molar-refractivity contribution in [3.05, 3.63) is 50.1 Å². The van der Waals surface area contributed by atoms with Gasteiger partial charge in [-0.1, -0.05) is 23.2 Å². The average molecular weight is 366 g/mol. The van der Waals surface area contributed by atoms with Gasteiger partial charge < -0.3 is 4.74 Å². The second-order valence-corrected chi connectivity index (χ2v) is 5.09. The first-order valence-electron chi connectivity index (χ1n) is 4.39. The van der Waals surface area contributed by atoms with E-state index in [4.69, 9.17) is 27.9 Å². The number of rotatable bonds is 2. The Labute approximate surface area is 117 Å². The normalized spacial score (nSPS) is 10.2. The highest BCUT2D eigenvalue weighted by Gasteiger charge is 2.05. The molecule has 0 N–H and O–H groups in total. The van der Waals surface area contributed by atoms with E-state index in [1.807, 2.05) is 24.3 Å². The molecule has 2 rings (SSSR count). The molecule has 1 heterocycles. The van der Waals surface area contributed by atoms with Crippen LogP contribution >= 0.6 is 45.8 Å². The summed E-state index contributed by atoms with van der Waals surface area (Å²) in [7, 11) is 0. The molecule has 0 spiro atoms. The largest absolute Gasteiger partial charge is 0.438 e. The minimum absolute atomic E-state index is 0.354. The van der Waals surface area contributed by atoms with Crippen LogP contribution in [0.1, 0.15) is 0 Å². The van der Waals surface area contributed by atoms with Crippen LogP contribution in [-0.4, -0.2) is 4.98 Å². The number of pyridine rings is 1. The Morgan fingerprint density at radius 1 is 1.12 bits per heavy atom. The van der Waals surface area contributed by atoms with Gasteiger partial charge in [-0.15, -0.1) is 0 Å². The number of nitrogens with zero attached hydrogens (tertiary/aromatic N) is 1. The first kappa shape index (κ1) is 12.0. The van der Waals surface area contributed by atoms with Crippen LogP contribution < -0.4 is 4.74 Å². The molecule has 0 bridgehead atoms. The third-order valence-electron chi connectivity index (χ3n) is 1.80. The van der Waals surface area contributed by atoms with Gasteiger partial charge >= 0.3 is 0 Å². The van der Waals surface area contributed by atoms with E-state index in [0.717, 1.165) is 3.57 Å². The Morgan fingerprint density at radius 2 is 1.81 bits per heavy atom. The fraction of sp³-hybridized carbons (Fsp3) is 0. The average Bonchev–Trinajstić information content (AvgIpc) is 2.25. The van der Waals surface area contributed by atoms with Crippen molar-refractivity contribution in [2.75, 3.05) is 0 Å². The van der Waals surface area contributed by atoms with Crippen LogP contribution in [0.5, 0.6) is 11.6 Å². The van der Waals surface area contributed by atoms with Crippen molar-refractivity contribution in [3.8, 4) is 11.6 Å². The maximum absolute atomic E-state index is 5.94. The summed E-state index contributed by atoms with van der Waals surface area (Å²) >= 11 is 13.9. The molecule has 0 radical (unpaired) electrons. The zero-order valence-electron chi connectivity index (χ0n) is 7.95. The molecule has 0 saturated heterocycles. The van der Waals surface area contributed by atoms with Gasteiger partial charge in [-0.2, -0.15) is 0 Å². The summed E-state index contributed by atoms with van der Waals surface area (Å²) in [6, 6.07) is 9.19.